The average molecular weight is 262 g/mol. The molecule has 8 nitrogen and oxygen atoms in total. The Balaban J connectivity index is 0.00000162. The molecule has 0 aromatic carbocycles. The molecule has 0 aliphatic rings. The molecule has 0 aliphatic carbocycles. The normalized spacial score (nSPS) is 10.4. The molecule has 2 aromatic rings. The summed E-state index contributed by atoms with van der Waals surface area (Å²) in [6.07, 6.45) is 0. The van der Waals surface area contributed by atoms with Gasteiger partial charge in [0.05, 0.1) is 0 Å². The first-order valence-corrected chi connectivity index (χ1v) is 4.72. The van der Waals surface area contributed by atoms with Crippen LogP contribution in [-0.2, 0) is 21.1 Å². The van der Waals surface area contributed by atoms with Crippen molar-refractivity contribution in [3.8, 4) is 0 Å². The van der Waals surface area contributed by atoms with Crippen molar-refractivity contribution in [2.75, 3.05) is 0 Å². The van der Waals surface area contributed by atoms with Gasteiger partial charge in [-0.2, -0.15) is 0 Å². The molecule has 0 unspecified atom stereocenters. The van der Waals surface area contributed by atoms with Crippen LogP contribution in [-0.4, -0.2) is 29.8 Å². The summed E-state index contributed by atoms with van der Waals surface area (Å²) in [5.41, 5.74) is -0.951. The van der Waals surface area contributed by atoms with Crippen LogP contribution >= 0.6 is 0 Å². The van der Waals surface area contributed by atoms with Gasteiger partial charge in [-0.05, 0) is 0 Å². The molecule has 92 valence electrons. The molecule has 0 saturated heterocycles. The van der Waals surface area contributed by atoms with Crippen molar-refractivity contribution in [1.82, 2.24) is 18.7 Å². The summed E-state index contributed by atoms with van der Waals surface area (Å²) in [4.78, 5) is 38.2. The number of nitrogens with zero attached hydrogens (tertiary/aromatic N) is 4. The van der Waals surface area contributed by atoms with Crippen molar-refractivity contribution in [3.63, 3.8) is 0 Å². The summed E-state index contributed by atoms with van der Waals surface area (Å²) in [6, 6.07) is 0. The summed E-state index contributed by atoms with van der Waals surface area (Å²) in [5.74, 6) is -1.53. The standard InChI is InChI=1S/C9H10N4O4.Na.H/c1-11-4-5(10-6(11)8(15)16)12(2)9(17)13(3)7(4)14;;/h1-3H3,(H,15,16);;/q;+1;-1. The topological polar surface area (TPSA) is 99.1 Å². The molecule has 1 N–H and O–H groups in total. The molecular weight excluding hydrogens is 251 g/mol. The molecule has 0 amide bonds. The van der Waals surface area contributed by atoms with Gasteiger partial charge in [0.25, 0.3) is 5.56 Å². The Morgan fingerprint density at radius 1 is 1.17 bits per heavy atom. The maximum atomic E-state index is 11.9. The van der Waals surface area contributed by atoms with Crippen LogP contribution in [0.4, 0.5) is 0 Å². The van der Waals surface area contributed by atoms with Crippen LogP contribution < -0.4 is 40.8 Å². The van der Waals surface area contributed by atoms with Gasteiger partial charge in [0.1, 0.15) is 0 Å². The molecule has 2 heterocycles. The molecule has 0 radical (unpaired) electrons. The van der Waals surface area contributed by atoms with Gasteiger partial charge in [-0.25, -0.2) is 14.6 Å². The van der Waals surface area contributed by atoms with Crippen LogP contribution in [0, 0.1) is 0 Å². The molecule has 0 aliphatic heterocycles. The minimum Gasteiger partial charge on any atom is -1.00 e. The van der Waals surface area contributed by atoms with E-state index in [1.54, 1.807) is 0 Å². The summed E-state index contributed by atoms with van der Waals surface area (Å²) < 4.78 is 3.22. The third-order valence-corrected chi connectivity index (χ3v) is 2.67. The van der Waals surface area contributed by atoms with Crippen molar-refractivity contribution >= 4 is 17.1 Å². The van der Waals surface area contributed by atoms with Crippen LogP contribution in [0.15, 0.2) is 9.59 Å². The summed E-state index contributed by atoms with van der Waals surface area (Å²) in [6.45, 7) is 0. The van der Waals surface area contributed by atoms with Crippen molar-refractivity contribution < 1.29 is 40.9 Å². The van der Waals surface area contributed by atoms with Crippen molar-refractivity contribution in [2.24, 2.45) is 21.1 Å². The molecule has 9 heteroatoms. The van der Waals surface area contributed by atoms with Crippen molar-refractivity contribution in [1.29, 1.82) is 0 Å². The van der Waals surface area contributed by atoms with Gasteiger partial charge in [-0.3, -0.25) is 13.9 Å². The number of hydrogen-bond donors (Lipinski definition) is 1. The van der Waals surface area contributed by atoms with Gasteiger partial charge in [0.2, 0.25) is 5.82 Å². The van der Waals surface area contributed by atoms with Gasteiger partial charge >= 0.3 is 41.2 Å². The monoisotopic (exact) mass is 262 g/mol. The Morgan fingerprint density at radius 3 is 2.22 bits per heavy atom. The minimum atomic E-state index is -1.25. The number of carboxylic acids is 1. The van der Waals surface area contributed by atoms with E-state index in [1.807, 2.05) is 0 Å². The molecule has 2 rings (SSSR count). The summed E-state index contributed by atoms with van der Waals surface area (Å²) >= 11 is 0. The first-order chi connectivity index (χ1) is 7.86. The molecule has 18 heavy (non-hydrogen) atoms. The van der Waals surface area contributed by atoms with Gasteiger partial charge < -0.3 is 11.1 Å². The van der Waals surface area contributed by atoms with E-state index in [4.69, 9.17) is 5.11 Å². The quantitative estimate of drug-likeness (QED) is 0.525. The summed E-state index contributed by atoms with van der Waals surface area (Å²) in [5, 5.41) is 8.91. The minimum absolute atomic E-state index is 0. The Labute approximate surface area is 124 Å². The molecule has 0 bridgehead atoms. The number of aryl methyl sites for hydroxylation is 2. The maximum Gasteiger partial charge on any atom is 1.00 e. The zero-order valence-corrected chi connectivity index (χ0v) is 12.5. The van der Waals surface area contributed by atoms with Crippen molar-refractivity contribution in [2.45, 2.75) is 0 Å². The number of rotatable bonds is 1. The number of carboxylic acid groups (broad SMARTS) is 1. The third-order valence-electron chi connectivity index (χ3n) is 2.67. The smallest absolute Gasteiger partial charge is 1.00 e. The Hall–Kier alpha value is -1.38. The fourth-order valence-electron chi connectivity index (χ4n) is 1.71. The van der Waals surface area contributed by atoms with E-state index in [2.05, 4.69) is 4.98 Å². The van der Waals surface area contributed by atoms with Crippen LogP contribution in [0.25, 0.3) is 11.2 Å². The SMILES string of the molecule is Cn1c(=O)c2c(nc(C(=O)O)n2C)n(C)c1=O.[H-].[Na+]. The van der Waals surface area contributed by atoms with Gasteiger partial charge in [0.15, 0.2) is 11.2 Å². The second-order valence-corrected chi connectivity index (χ2v) is 3.68. The number of imidazole rings is 1. The number of aromatic nitrogens is 4. The van der Waals surface area contributed by atoms with Crippen LogP contribution in [0.5, 0.6) is 0 Å². The van der Waals surface area contributed by atoms with Crippen LogP contribution in [0.1, 0.15) is 12.0 Å². The van der Waals surface area contributed by atoms with Crippen LogP contribution in [0.2, 0.25) is 0 Å². The average Bonchev–Trinajstić information content (AvgIpc) is 2.62. The predicted octanol–water partition coefficient (Wildman–Crippen LogP) is -4.21. The molecular formula is C9H11N4NaO4. The molecule has 0 atom stereocenters. The zero-order valence-electron chi connectivity index (χ0n) is 11.5. The van der Waals surface area contributed by atoms with E-state index in [1.165, 1.54) is 25.7 Å². The Bertz CT molecular complexity index is 760. The van der Waals surface area contributed by atoms with Gasteiger partial charge in [-0.15, -0.1) is 0 Å². The molecule has 2 aromatic heterocycles. The van der Waals surface area contributed by atoms with E-state index >= 15 is 0 Å². The molecule has 0 fully saturated rings. The fourth-order valence-corrected chi connectivity index (χ4v) is 1.71. The van der Waals surface area contributed by atoms with Gasteiger partial charge in [-0.1, -0.05) is 0 Å². The summed E-state index contributed by atoms with van der Waals surface area (Å²) in [7, 11) is 4.19. The Morgan fingerprint density at radius 2 is 1.72 bits per heavy atom. The fraction of sp³-hybridized carbons (Fsp3) is 0.333. The second-order valence-electron chi connectivity index (χ2n) is 3.68. The first kappa shape index (κ1) is 14.7. The molecule has 0 saturated carbocycles. The van der Waals surface area contributed by atoms with Crippen LogP contribution in [0.3, 0.4) is 0 Å². The Kier molecular flexibility index (Phi) is 3.84. The maximum absolute atomic E-state index is 11.9. The molecule has 0 spiro atoms. The second kappa shape index (κ2) is 4.71. The van der Waals surface area contributed by atoms with E-state index in [0.717, 1.165) is 9.13 Å². The largest absolute Gasteiger partial charge is 1.00 e. The van der Waals surface area contributed by atoms with E-state index < -0.39 is 17.2 Å². The number of aromatic carboxylic acids is 1. The number of carbonyl (C=O) groups is 1. The zero-order chi connectivity index (χ0) is 12.9. The van der Waals surface area contributed by atoms with Crippen molar-refractivity contribution in [3.05, 3.63) is 26.7 Å². The predicted molar refractivity (Wildman–Crippen MR) is 59.3 cm³/mol. The van der Waals surface area contributed by atoms with E-state index in [0.29, 0.717) is 0 Å². The van der Waals surface area contributed by atoms with Gasteiger partial charge in [0, 0.05) is 21.1 Å². The number of fused-ring (bicyclic) bond motifs is 1. The third kappa shape index (κ3) is 1.82. The van der Waals surface area contributed by atoms with E-state index in [9.17, 15) is 14.4 Å². The number of hydrogen-bond acceptors (Lipinski definition) is 4. The first-order valence-electron chi connectivity index (χ1n) is 4.72. The van der Waals surface area contributed by atoms with E-state index in [-0.39, 0.29) is 48.0 Å².